The van der Waals surface area contributed by atoms with Crippen molar-refractivity contribution in [2.75, 3.05) is 31.1 Å². The Morgan fingerprint density at radius 1 is 1.00 bits per heavy atom. The number of furan rings is 1. The van der Waals surface area contributed by atoms with E-state index >= 15 is 4.39 Å². The molecule has 0 aliphatic carbocycles. The number of rotatable bonds is 1. The first kappa shape index (κ1) is 29.6. The maximum absolute atomic E-state index is 15.4. The van der Waals surface area contributed by atoms with Crippen LogP contribution in [0.5, 0.6) is 6.01 Å². The highest BCUT2D eigenvalue weighted by molar-refractivity contribution is 6.06. The Morgan fingerprint density at radius 2 is 1.85 bits per heavy atom. The van der Waals surface area contributed by atoms with E-state index in [4.69, 9.17) is 28.8 Å². The number of hydrogen-bond acceptors (Lipinski definition) is 9. The van der Waals surface area contributed by atoms with Gasteiger partial charge in [-0.05, 0) is 49.9 Å². The van der Waals surface area contributed by atoms with Gasteiger partial charge in [0.15, 0.2) is 17.2 Å². The van der Waals surface area contributed by atoms with E-state index < -0.39 is 23.9 Å². The molecule has 13 heteroatoms. The molecule has 0 unspecified atom stereocenters. The predicted molar refractivity (Wildman–Crippen MR) is 170 cm³/mol. The summed E-state index contributed by atoms with van der Waals surface area (Å²) in [6.45, 7) is 1.91. The van der Waals surface area contributed by atoms with Crippen molar-refractivity contribution >= 4 is 50.8 Å². The Balaban J connectivity index is 1.21. The summed E-state index contributed by atoms with van der Waals surface area (Å²) < 4.78 is 35.9. The molecule has 0 saturated carbocycles. The summed E-state index contributed by atoms with van der Waals surface area (Å²) >= 11 is 0. The minimum absolute atomic E-state index is 0.126. The van der Waals surface area contributed by atoms with E-state index in [1.165, 1.54) is 6.07 Å². The van der Waals surface area contributed by atoms with E-state index in [1.54, 1.807) is 17.0 Å². The SMILES string of the molecule is O=C(O)[C@@H]1C[C@H]2CN1c1nc(nc3c1oc1ccccc13)COCCCCCC(=O)N1CCC(CC1)n1c(nc3cccc(F)c31)O2. The number of aliphatic carboxylic acids is 1. The van der Waals surface area contributed by atoms with Crippen LogP contribution in [0.2, 0.25) is 0 Å². The smallest absolute Gasteiger partial charge is 0.326 e. The first-order chi connectivity index (χ1) is 22.9. The zero-order valence-electron chi connectivity index (χ0n) is 25.8. The predicted octanol–water partition coefficient (Wildman–Crippen LogP) is 5.23. The summed E-state index contributed by atoms with van der Waals surface area (Å²) in [7, 11) is 0. The number of hydrogen-bond donors (Lipinski definition) is 1. The van der Waals surface area contributed by atoms with Gasteiger partial charge in [-0.15, -0.1) is 0 Å². The zero-order valence-corrected chi connectivity index (χ0v) is 25.8. The van der Waals surface area contributed by atoms with E-state index in [0.717, 1.165) is 24.6 Å². The van der Waals surface area contributed by atoms with Crippen molar-refractivity contribution in [1.29, 1.82) is 0 Å². The molecule has 6 bridgehead atoms. The number of carbonyl (C=O) groups excluding carboxylic acids is 1. The third-order valence-electron chi connectivity index (χ3n) is 9.56. The number of anilines is 1. The summed E-state index contributed by atoms with van der Waals surface area (Å²) in [5.41, 5.74) is 2.40. The van der Waals surface area contributed by atoms with Gasteiger partial charge < -0.3 is 28.8 Å². The molecule has 0 radical (unpaired) electrons. The minimum Gasteiger partial charge on any atom is -0.480 e. The number of aromatic nitrogens is 4. The second kappa shape index (κ2) is 12.1. The number of para-hydroxylation sites is 2. The van der Waals surface area contributed by atoms with Crippen LogP contribution in [0.1, 0.15) is 56.8 Å². The number of nitrogens with zero attached hydrogens (tertiary/aromatic N) is 6. The largest absolute Gasteiger partial charge is 0.480 e. The molecule has 1 N–H and O–H groups in total. The molecule has 4 aliphatic rings. The molecule has 2 atom stereocenters. The Kier molecular flexibility index (Phi) is 7.63. The molecule has 7 heterocycles. The fourth-order valence-corrected chi connectivity index (χ4v) is 7.24. The van der Waals surface area contributed by atoms with Gasteiger partial charge >= 0.3 is 5.97 Å². The maximum Gasteiger partial charge on any atom is 0.326 e. The van der Waals surface area contributed by atoms with Gasteiger partial charge in [0.2, 0.25) is 5.91 Å². The molecule has 5 aromatic rings. The second-order valence-electron chi connectivity index (χ2n) is 12.6. The number of amides is 1. The highest BCUT2D eigenvalue weighted by Gasteiger charge is 2.42. The number of benzene rings is 2. The molecule has 47 heavy (non-hydrogen) atoms. The van der Waals surface area contributed by atoms with Gasteiger partial charge in [0, 0.05) is 44.0 Å². The van der Waals surface area contributed by atoms with E-state index in [2.05, 4.69) is 0 Å². The Hall–Kier alpha value is -4.78. The highest BCUT2D eigenvalue weighted by atomic mass is 19.1. The molecule has 1 amide bonds. The van der Waals surface area contributed by atoms with E-state index in [0.29, 0.717) is 78.3 Å². The highest BCUT2D eigenvalue weighted by Crippen LogP contribution is 2.39. The molecule has 2 saturated heterocycles. The van der Waals surface area contributed by atoms with Crippen LogP contribution in [0.25, 0.3) is 33.1 Å². The maximum atomic E-state index is 15.4. The molecule has 4 aliphatic heterocycles. The second-order valence-corrected chi connectivity index (χ2v) is 12.6. The van der Waals surface area contributed by atoms with Gasteiger partial charge in [-0.1, -0.05) is 24.6 Å². The van der Waals surface area contributed by atoms with Crippen molar-refractivity contribution in [2.45, 2.75) is 69.7 Å². The fourth-order valence-electron chi connectivity index (χ4n) is 7.24. The lowest BCUT2D eigenvalue weighted by atomic mass is 10.0. The molecule has 2 fully saturated rings. The van der Waals surface area contributed by atoms with Crippen LogP contribution in [-0.4, -0.2) is 79.8 Å². The number of imidazole rings is 1. The van der Waals surface area contributed by atoms with Crippen LogP contribution in [0.3, 0.4) is 0 Å². The molecule has 9 rings (SSSR count). The number of halogens is 1. The number of ether oxygens (including phenoxy) is 2. The van der Waals surface area contributed by atoms with Gasteiger partial charge in [0.1, 0.15) is 41.2 Å². The molecular formula is C34H35FN6O6. The minimum atomic E-state index is -1.03. The van der Waals surface area contributed by atoms with E-state index in [-0.39, 0.29) is 37.5 Å². The summed E-state index contributed by atoms with van der Waals surface area (Å²) in [5.74, 6) is -0.535. The summed E-state index contributed by atoms with van der Waals surface area (Å²) in [6.07, 6.45) is 3.66. The van der Waals surface area contributed by atoms with Crippen LogP contribution >= 0.6 is 0 Å². The Bertz CT molecular complexity index is 1980. The first-order valence-electron chi connectivity index (χ1n) is 16.3. The van der Waals surface area contributed by atoms with E-state index in [1.807, 2.05) is 33.7 Å². The molecule has 3 aromatic heterocycles. The third-order valence-corrected chi connectivity index (χ3v) is 9.56. The number of carboxylic acid groups (broad SMARTS) is 1. The number of carbonyl (C=O) groups is 2. The lowest BCUT2D eigenvalue weighted by Gasteiger charge is -2.33. The third kappa shape index (κ3) is 5.41. The summed E-state index contributed by atoms with van der Waals surface area (Å²) in [6, 6.07) is 11.4. The van der Waals surface area contributed by atoms with Gasteiger partial charge in [0.05, 0.1) is 12.1 Å². The zero-order chi connectivity index (χ0) is 32.1. The number of fused-ring (bicyclic) bond motifs is 13. The lowest BCUT2D eigenvalue weighted by molar-refractivity contribution is -0.138. The van der Waals surface area contributed by atoms with Crippen molar-refractivity contribution < 1.29 is 33.0 Å². The molecule has 2 aromatic carbocycles. The lowest BCUT2D eigenvalue weighted by Crippen LogP contribution is -2.39. The quantitative estimate of drug-likeness (QED) is 0.259. The fraction of sp³-hybridized carbons (Fsp3) is 0.441. The number of piperidine rings is 1. The van der Waals surface area contributed by atoms with Crippen molar-refractivity contribution in [3.8, 4) is 6.01 Å². The Morgan fingerprint density at radius 3 is 2.70 bits per heavy atom. The van der Waals surface area contributed by atoms with Crippen LogP contribution in [0.15, 0.2) is 46.9 Å². The van der Waals surface area contributed by atoms with Crippen molar-refractivity contribution in [3.05, 3.63) is 54.1 Å². The van der Waals surface area contributed by atoms with Gasteiger partial charge in [-0.3, -0.25) is 9.36 Å². The standard InChI is InChI=1S/C34H35FN6O6/c35-23-8-6-9-24-30(23)41-20-12-14-39(15-13-20)28(42)11-2-1-5-16-45-19-27-37-29-22-7-3-4-10-26(22)47-31(29)32(38-27)40-18-21(46-34(41)36-24)17-25(40)33(43)44/h3-4,6-10,20-21,25H,1-2,5,11-19H2,(H,43,44)/t21-,25-/m0/s1. The normalized spacial score (nSPS) is 22.8. The van der Waals surface area contributed by atoms with Gasteiger partial charge in [0.25, 0.3) is 6.01 Å². The Labute approximate surface area is 269 Å². The molecule has 0 spiro atoms. The van der Waals surface area contributed by atoms with E-state index in [9.17, 15) is 14.7 Å². The molecule has 244 valence electrons. The first-order valence-corrected chi connectivity index (χ1v) is 16.3. The van der Waals surface area contributed by atoms with Crippen molar-refractivity contribution in [2.24, 2.45) is 0 Å². The van der Waals surface area contributed by atoms with Crippen LogP contribution in [0.4, 0.5) is 10.2 Å². The topological polar surface area (TPSA) is 136 Å². The van der Waals surface area contributed by atoms with Gasteiger partial charge in [-0.25, -0.2) is 19.2 Å². The summed E-state index contributed by atoms with van der Waals surface area (Å²) in [5, 5.41) is 11.2. The van der Waals surface area contributed by atoms with Gasteiger partial charge in [-0.2, -0.15) is 4.98 Å². The monoisotopic (exact) mass is 642 g/mol. The van der Waals surface area contributed by atoms with Crippen LogP contribution in [-0.2, 0) is 20.9 Å². The average molecular weight is 643 g/mol. The van der Waals surface area contributed by atoms with Crippen molar-refractivity contribution in [1.82, 2.24) is 24.4 Å². The molecular weight excluding hydrogens is 607 g/mol. The average Bonchev–Trinajstić information content (AvgIpc) is 3.78. The summed E-state index contributed by atoms with van der Waals surface area (Å²) in [4.78, 5) is 43.6. The van der Waals surface area contributed by atoms with Crippen LogP contribution < -0.4 is 9.64 Å². The van der Waals surface area contributed by atoms with Crippen LogP contribution in [0, 0.1) is 5.82 Å². The number of carboxylic acids is 1. The molecule has 12 nitrogen and oxygen atoms in total. The van der Waals surface area contributed by atoms with Crippen molar-refractivity contribution in [3.63, 3.8) is 0 Å².